The van der Waals surface area contributed by atoms with Crippen molar-refractivity contribution in [1.82, 2.24) is 0 Å². The van der Waals surface area contributed by atoms with Gasteiger partial charge in [0, 0.05) is 12.5 Å². The third-order valence-corrected chi connectivity index (χ3v) is 4.28. The van der Waals surface area contributed by atoms with E-state index in [-0.39, 0.29) is 48.1 Å². The Labute approximate surface area is 150 Å². The van der Waals surface area contributed by atoms with E-state index in [0.717, 1.165) is 17.2 Å². The zero-order chi connectivity index (χ0) is 19.4. The van der Waals surface area contributed by atoms with E-state index in [4.69, 9.17) is 0 Å². The average molecular weight is 346 g/mol. The fourth-order valence-corrected chi connectivity index (χ4v) is 2.79. The van der Waals surface area contributed by atoms with Crippen molar-refractivity contribution in [3.8, 4) is 0 Å². The topological polar surface area (TPSA) is 74.6 Å². The predicted molar refractivity (Wildman–Crippen MR) is 100 cm³/mol. The molecular weight excluding hydrogens is 316 g/mol. The molecule has 0 atom stereocenters. The monoisotopic (exact) mass is 346 g/mol. The lowest BCUT2D eigenvalue weighted by atomic mass is 9.69. The molecule has 0 aliphatic heterocycles. The van der Waals surface area contributed by atoms with Gasteiger partial charge in [-0.05, 0) is 46.5 Å². The van der Waals surface area contributed by atoms with E-state index in [2.05, 4.69) is 0 Å². The summed E-state index contributed by atoms with van der Waals surface area (Å²) in [7, 11) is 0. The Hall–Kier alpha value is -2.10. The first kappa shape index (κ1) is 20.9. The predicted octanol–water partition coefficient (Wildman–Crippen LogP) is 5.14. The fraction of sp³-hybridized carbons (Fsp3) is 0.524. The van der Waals surface area contributed by atoms with Crippen LogP contribution in [0.15, 0.2) is 46.5 Å². The Morgan fingerprint density at radius 2 is 1.56 bits per heavy atom. The van der Waals surface area contributed by atoms with E-state index in [1.165, 1.54) is 0 Å². The SMILES string of the molecule is CC(C)=CCC1(CC=C(C)C)C(=O)C=C(O)C(C(=O)CC(C)C)=C1O. The summed E-state index contributed by atoms with van der Waals surface area (Å²) in [5.41, 5.74) is 0.692. The molecule has 0 amide bonds. The van der Waals surface area contributed by atoms with Crippen molar-refractivity contribution < 1.29 is 19.8 Å². The summed E-state index contributed by atoms with van der Waals surface area (Å²) >= 11 is 0. The van der Waals surface area contributed by atoms with Gasteiger partial charge in [0.25, 0.3) is 0 Å². The molecule has 0 spiro atoms. The number of Topliss-reactive ketones (excluding diaryl/α,β-unsaturated/α-hetero) is 1. The van der Waals surface area contributed by atoms with Crippen LogP contribution in [0.1, 0.15) is 60.8 Å². The number of hydrogen-bond donors (Lipinski definition) is 2. The van der Waals surface area contributed by atoms with E-state index in [1.54, 1.807) is 0 Å². The van der Waals surface area contributed by atoms with Gasteiger partial charge >= 0.3 is 0 Å². The Morgan fingerprint density at radius 1 is 1.08 bits per heavy atom. The number of ketones is 2. The van der Waals surface area contributed by atoms with Gasteiger partial charge in [-0.2, -0.15) is 0 Å². The molecule has 1 rings (SSSR count). The highest BCUT2D eigenvalue weighted by molar-refractivity contribution is 6.08. The van der Waals surface area contributed by atoms with Crippen LogP contribution in [0.4, 0.5) is 0 Å². The van der Waals surface area contributed by atoms with Gasteiger partial charge in [-0.25, -0.2) is 0 Å². The minimum Gasteiger partial charge on any atom is -0.510 e. The zero-order valence-corrected chi connectivity index (χ0v) is 16.1. The molecule has 0 radical (unpaired) electrons. The first-order valence-corrected chi connectivity index (χ1v) is 8.70. The van der Waals surface area contributed by atoms with Gasteiger partial charge in [0.1, 0.15) is 11.5 Å². The summed E-state index contributed by atoms with van der Waals surface area (Å²) in [5, 5.41) is 21.1. The molecule has 0 saturated carbocycles. The normalized spacial score (nSPS) is 16.6. The molecule has 0 saturated heterocycles. The highest BCUT2D eigenvalue weighted by atomic mass is 16.3. The minimum atomic E-state index is -1.23. The molecule has 0 unspecified atom stereocenters. The maximum atomic E-state index is 12.8. The standard InChI is InChI=1S/C21H30O4/c1-13(2)7-9-21(10-8-14(3)4)18(24)12-17(23)19(20(21)25)16(22)11-15(5)6/h7-8,12,15,23,25H,9-11H2,1-6H3. The first-order chi connectivity index (χ1) is 11.5. The van der Waals surface area contributed by atoms with Crippen LogP contribution in [0.3, 0.4) is 0 Å². The largest absolute Gasteiger partial charge is 0.510 e. The lowest BCUT2D eigenvalue weighted by Crippen LogP contribution is -2.37. The lowest BCUT2D eigenvalue weighted by Gasteiger charge is -2.33. The van der Waals surface area contributed by atoms with E-state index in [9.17, 15) is 19.8 Å². The molecule has 1 aliphatic carbocycles. The maximum absolute atomic E-state index is 12.8. The highest BCUT2D eigenvalue weighted by Gasteiger charge is 2.46. The van der Waals surface area contributed by atoms with Crippen LogP contribution >= 0.6 is 0 Å². The van der Waals surface area contributed by atoms with Gasteiger partial charge in [-0.3, -0.25) is 9.59 Å². The zero-order valence-electron chi connectivity index (χ0n) is 16.1. The van der Waals surface area contributed by atoms with Gasteiger partial charge in [0.15, 0.2) is 11.6 Å². The molecule has 138 valence electrons. The smallest absolute Gasteiger partial charge is 0.173 e. The minimum absolute atomic E-state index is 0.0863. The van der Waals surface area contributed by atoms with Crippen molar-refractivity contribution in [2.75, 3.05) is 0 Å². The first-order valence-electron chi connectivity index (χ1n) is 8.70. The maximum Gasteiger partial charge on any atom is 0.173 e. The molecular formula is C21H30O4. The van der Waals surface area contributed by atoms with Crippen LogP contribution in [0.2, 0.25) is 0 Å². The number of hydrogen-bond acceptors (Lipinski definition) is 4. The van der Waals surface area contributed by atoms with Gasteiger partial charge in [0.2, 0.25) is 0 Å². The number of allylic oxidation sites excluding steroid dienone is 7. The number of carbonyl (C=O) groups excluding carboxylic acids is 2. The van der Waals surface area contributed by atoms with Crippen LogP contribution in [0.5, 0.6) is 0 Å². The Morgan fingerprint density at radius 3 is 1.96 bits per heavy atom. The number of aliphatic hydroxyl groups is 2. The van der Waals surface area contributed by atoms with E-state index < -0.39 is 11.2 Å². The molecule has 0 fully saturated rings. The van der Waals surface area contributed by atoms with E-state index in [1.807, 2.05) is 53.7 Å². The molecule has 0 heterocycles. The van der Waals surface area contributed by atoms with Crippen molar-refractivity contribution in [2.45, 2.75) is 60.8 Å². The number of carbonyl (C=O) groups is 2. The number of rotatable bonds is 7. The summed E-state index contributed by atoms with van der Waals surface area (Å²) < 4.78 is 0. The van der Waals surface area contributed by atoms with Crippen molar-refractivity contribution in [1.29, 1.82) is 0 Å². The lowest BCUT2D eigenvalue weighted by molar-refractivity contribution is -0.124. The quantitative estimate of drug-likeness (QED) is 0.626. The molecule has 0 bridgehead atoms. The second-order valence-corrected chi connectivity index (χ2v) is 7.69. The molecule has 4 nitrogen and oxygen atoms in total. The summed E-state index contributed by atoms with van der Waals surface area (Å²) in [6.45, 7) is 11.5. The molecule has 0 aromatic rings. The molecule has 1 aliphatic rings. The summed E-state index contributed by atoms with van der Waals surface area (Å²) in [5.74, 6) is -1.37. The van der Waals surface area contributed by atoms with Crippen molar-refractivity contribution in [3.05, 3.63) is 46.5 Å². The van der Waals surface area contributed by atoms with Gasteiger partial charge in [-0.1, -0.05) is 37.1 Å². The van der Waals surface area contributed by atoms with E-state index >= 15 is 0 Å². The van der Waals surface area contributed by atoms with Gasteiger partial charge in [-0.15, -0.1) is 0 Å². The molecule has 25 heavy (non-hydrogen) atoms. The third-order valence-electron chi connectivity index (χ3n) is 4.28. The van der Waals surface area contributed by atoms with Gasteiger partial charge in [0.05, 0.1) is 11.0 Å². The van der Waals surface area contributed by atoms with Gasteiger partial charge < -0.3 is 10.2 Å². The third kappa shape index (κ3) is 4.94. The van der Waals surface area contributed by atoms with Crippen LogP contribution < -0.4 is 0 Å². The van der Waals surface area contributed by atoms with Crippen LogP contribution in [0, 0.1) is 11.3 Å². The summed E-state index contributed by atoms with van der Waals surface area (Å²) in [6, 6.07) is 0. The molecule has 0 aromatic carbocycles. The summed E-state index contributed by atoms with van der Waals surface area (Å²) in [4.78, 5) is 25.3. The average Bonchev–Trinajstić information content (AvgIpc) is 2.45. The van der Waals surface area contributed by atoms with Crippen LogP contribution in [-0.4, -0.2) is 21.8 Å². The highest BCUT2D eigenvalue weighted by Crippen LogP contribution is 2.43. The second-order valence-electron chi connectivity index (χ2n) is 7.69. The van der Waals surface area contributed by atoms with Crippen molar-refractivity contribution in [2.24, 2.45) is 11.3 Å². The van der Waals surface area contributed by atoms with Crippen LogP contribution in [-0.2, 0) is 9.59 Å². The Balaban J connectivity index is 3.53. The Bertz CT molecular complexity index is 644. The molecule has 0 aromatic heterocycles. The Kier molecular flexibility index (Phi) is 6.97. The molecule has 4 heteroatoms. The fourth-order valence-electron chi connectivity index (χ4n) is 2.79. The van der Waals surface area contributed by atoms with Crippen molar-refractivity contribution in [3.63, 3.8) is 0 Å². The summed E-state index contributed by atoms with van der Waals surface area (Å²) in [6.07, 6.45) is 5.62. The number of aliphatic hydroxyl groups excluding tert-OH is 2. The molecule has 2 N–H and O–H groups in total. The van der Waals surface area contributed by atoms with E-state index in [0.29, 0.717) is 0 Å². The van der Waals surface area contributed by atoms with Crippen molar-refractivity contribution >= 4 is 11.6 Å². The van der Waals surface area contributed by atoms with Crippen LogP contribution in [0.25, 0.3) is 0 Å². The second kappa shape index (κ2) is 8.32.